The van der Waals surface area contributed by atoms with Crippen molar-refractivity contribution < 1.29 is 20.1 Å². The third-order valence-electron chi connectivity index (χ3n) is 5.38. The van der Waals surface area contributed by atoms with Gasteiger partial charge in [-0.25, -0.2) is 5.01 Å². The number of hydrazone groups is 1. The number of nitrogens with two attached hydrogens (primary N) is 1. The Bertz CT molecular complexity index is 937. The van der Waals surface area contributed by atoms with Gasteiger partial charge >= 0.3 is 0 Å². The summed E-state index contributed by atoms with van der Waals surface area (Å²) >= 11 is 0. The van der Waals surface area contributed by atoms with Crippen LogP contribution in [0.4, 0.5) is 5.69 Å². The number of carbonyl (C=O) groups excluding carboxylic acids is 1. The number of ketones is 1. The van der Waals surface area contributed by atoms with E-state index in [1.165, 1.54) is 12.1 Å². The van der Waals surface area contributed by atoms with Crippen molar-refractivity contribution in [1.82, 2.24) is 10.6 Å². The van der Waals surface area contributed by atoms with Gasteiger partial charge in [0.1, 0.15) is 23.2 Å². The maximum absolute atomic E-state index is 12.9. The van der Waals surface area contributed by atoms with E-state index in [0.29, 0.717) is 55.3 Å². The number of aromatic hydroxyl groups is 2. The van der Waals surface area contributed by atoms with Crippen LogP contribution >= 0.6 is 0 Å². The molecule has 9 nitrogen and oxygen atoms in total. The molecule has 2 heterocycles. The second kappa shape index (κ2) is 7.86. The van der Waals surface area contributed by atoms with Crippen LogP contribution < -0.4 is 21.4 Å². The number of phenols is 2. The first-order chi connectivity index (χ1) is 14.1. The number of nitrogens with one attached hydrogen (secondary N) is 2. The van der Waals surface area contributed by atoms with Crippen molar-refractivity contribution in [3.8, 4) is 11.5 Å². The Labute approximate surface area is 168 Å². The van der Waals surface area contributed by atoms with Gasteiger partial charge in [-0.15, -0.1) is 0 Å². The van der Waals surface area contributed by atoms with E-state index in [1.54, 1.807) is 11.1 Å². The van der Waals surface area contributed by atoms with Crippen molar-refractivity contribution in [3.05, 3.63) is 40.6 Å². The number of hydrogen-bond acceptors (Lipinski definition) is 9. The topological polar surface area (TPSA) is 143 Å². The van der Waals surface area contributed by atoms with Crippen LogP contribution in [0.5, 0.6) is 11.5 Å². The quantitative estimate of drug-likeness (QED) is 0.253. The van der Waals surface area contributed by atoms with Gasteiger partial charge in [0, 0.05) is 37.2 Å². The van der Waals surface area contributed by atoms with Crippen LogP contribution in [0.1, 0.15) is 12.0 Å². The number of allylic oxidation sites excluding steroid dienone is 1. The van der Waals surface area contributed by atoms with Crippen LogP contribution in [0.15, 0.2) is 40.2 Å². The lowest BCUT2D eigenvalue weighted by Gasteiger charge is -2.37. The highest BCUT2D eigenvalue weighted by Crippen LogP contribution is 2.49. The molecule has 4 rings (SSSR count). The van der Waals surface area contributed by atoms with E-state index in [1.807, 2.05) is 0 Å². The molecular formula is C20H25N5O4. The minimum absolute atomic E-state index is 0.00371. The molecule has 0 aromatic heterocycles. The normalized spacial score (nSPS) is 19.7. The summed E-state index contributed by atoms with van der Waals surface area (Å²) in [6.45, 7) is 1.87. The number of benzene rings is 1. The van der Waals surface area contributed by atoms with E-state index in [0.717, 1.165) is 17.6 Å². The molecule has 1 aliphatic carbocycles. The number of hydrogen-bond donors (Lipinski definition) is 6. The van der Waals surface area contributed by atoms with Gasteiger partial charge < -0.3 is 31.7 Å². The average molecular weight is 399 g/mol. The lowest BCUT2D eigenvalue weighted by molar-refractivity contribution is -0.111. The van der Waals surface area contributed by atoms with Crippen molar-refractivity contribution >= 4 is 17.2 Å². The van der Waals surface area contributed by atoms with E-state index in [4.69, 9.17) is 10.8 Å². The molecule has 3 aliphatic rings. The molecule has 0 fully saturated rings. The maximum atomic E-state index is 12.9. The van der Waals surface area contributed by atoms with Crippen LogP contribution in [-0.2, 0) is 11.2 Å². The van der Waals surface area contributed by atoms with Gasteiger partial charge in [0.2, 0.25) is 5.78 Å². The van der Waals surface area contributed by atoms with Crippen molar-refractivity contribution in [3.63, 3.8) is 0 Å². The smallest absolute Gasteiger partial charge is 0.202 e. The predicted molar refractivity (Wildman–Crippen MR) is 109 cm³/mol. The molecule has 1 aromatic carbocycles. The van der Waals surface area contributed by atoms with Gasteiger partial charge in [0.15, 0.2) is 0 Å². The summed E-state index contributed by atoms with van der Waals surface area (Å²) in [6.07, 6.45) is 2.64. The molecule has 1 atom stereocenters. The Morgan fingerprint density at radius 3 is 2.79 bits per heavy atom. The van der Waals surface area contributed by atoms with Crippen LogP contribution in [0.2, 0.25) is 0 Å². The van der Waals surface area contributed by atoms with Crippen LogP contribution in [0.25, 0.3) is 0 Å². The third-order valence-corrected chi connectivity index (χ3v) is 5.38. The molecule has 0 spiro atoms. The van der Waals surface area contributed by atoms with Crippen molar-refractivity contribution in [2.75, 3.05) is 37.8 Å². The van der Waals surface area contributed by atoms with E-state index in [-0.39, 0.29) is 29.9 Å². The number of phenolic OH excluding ortho intramolecular Hbond substituents is 2. The summed E-state index contributed by atoms with van der Waals surface area (Å²) < 4.78 is 0. The third kappa shape index (κ3) is 3.27. The molecule has 29 heavy (non-hydrogen) atoms. The largest absolute Gasteiger partial charge is 0.508 e. The van der Waals surface area contributed by atoms with Crippen LogP contribution in [0, 0.1) is 0 Å². The lowest BCUT2D eigenvalue weighted by Crippen LogP contribution is -2.42. The molecule has 0 radical (unpaired) electrons. The van der Waals surface area contributed by atoms with Crippen molar-refractivity contribution in [2.45, 2.75) is 18.9 Å². The number of carbonyl (C=O) groups is 1. The molecule has 0 bridgehead atoms. The SMILES string of the molecule is NCCCNC1=C2Cc3c(O)ccc(O)c3N3N=C(CNCCO)C(=CC1=O)C23. The van der Waals surface area contributed by atoms with E-state index < -0.39 is 0 Å². The van der Waals surface area contributed by atoms with Gasteiger partial charge in [0.25, 0.3) is 0 Å². The number of aliphatic hydroxyl groups excluding tert-OH is 1. The van der Waals surface area contributed by atoms with Gasteiger partial charge in [-0.2, -0.15) is 5.10 Å². The van der Waals surface area contributed by atoms with E-state index in [2.05, 4.69) is 15.7 Å². The summed E-state index contributed by atoms with van der Waals surface area (Å²) in [4.78, 5) is 12.9. The van der Waals surface area contributed by atoms with Gasteiger partial charge in [-0.3, -0.25) is 4.79 Å². The zero-order valence-corrected chi connectivity index (χ0v) is 16.0. The highest BCUT2D eigenvalue weighted by Gasteiger charge is 2.45. The van der Waals surface area contributed by atoms with Gasteiger partial charge in [-0.05, 0) is 36.7 Å². The van der Waals surface area contributed by atoms with E-state index >= 15 is 0 Å². The predicted octanol–water partition coefficient (Wildman–Crippen LogP) is -0.518. The second-order valence-corrected chi connectivity index (χ2v) is 7.24. The Morgan fingerprint density at radius 1 is 1.24 bits per heavy atom. The molecule has 9 heteroatoms. The average Bonchev–Trinajstić information content (AvgIpc) is 3.06. The van der Waals surface area contributed by atoms with Crippen molar-refractivity contribution in [1.29, 1.82) is 0 Å². The van der Waals surface area contributed by atoms with E-state index in [9.17, 15) is 15.0 Å². The first kappa shape index (κ1) is 19.4. The first-order valence-electron chi connectivity index (χ1n) is 9.72. The maximum Gasteiger partial charge on any atom is 0.202 e. The summed E-state index contributed by atoms with van der Waals surface area (Å²) in [5, 5.41) is 42.6. The standard InChI is InChI=1S/C20H25N5O4/c21-4-1-5-23-18-13-8-12-15(27)2-3-16(28)20(12)25-19(13)11(9-17(18)29)14(24-25)10-22-6-7-26/h2-3,9,19,22-23,26-28H,1,4-8,10,21H2. The molecule has 1 unspecified atom stereocenters. The number of anilines is 1. The molecule has 1 aromatic rings. The monoisotopic (exact) mass is 399 g/mol. The van der Waals surface area contributed by atoms with Gasteiger partial charge in [0.05, 0.1) is 18.0 Å². The number of aliphatic hydroxyl groups is 1. The van der Waals surface area contributed by atoms with Gasteiger partial charge in [-0.1, -0.05) is 0 Å². The minimum Gasteiger partial charge on any atom is -0.508 e. The Hall–Kier alpha value is -2.88. The molecule has 7 N–H and O–H groups in total. The van der Waals surface area contributed by atoms with Crippen LogP contribution in [-0.4, -0.2) is 65.6 Å². The Kier molecular flexibility index (Phi) is 5.27. The Balaban J connectivity index is 1.80. The zero-order valence-electron chi connectivity index (χ0n) is 16.0. The molecule has 2 aliphatic heterocycles. The number of rotatable bonds is 8. The molecule has 0 amide bonds. The Morgan fingerprint density at radius 2 is 2.03 bits per heavy atom. The fraction of sp³-hybridized carbons (Fsp3) is 0.400. The zero-order chi connectivity index (χ0) is 20.5. The highest BCUT2D eigenvalue weighted by atomic mass is 16.3. The second-order valence-electron chi connectivity index (χ2n) is 7.24. The summed E-state index contributed by atoms with van der Waals surface area (Å²) in [7, 11) is 0. The first-order valence-corrected chi connectivity index (χ1v) is 9.72. The highest BCUT2D eigenvalue weighted by molar-refractivity contribution is 6.17. The molecule has 154 valence electrons. The summed E-state index contributed by atoms with van der Waals surface area (Å²) in [5.41, 5.74) is 9.34. The number of fused-ring (bicyclic) bond motifs is 2. The minimum atomic E-state index is -0.320. The summed E-state index contributed by atoms with van der Waals surface area (Å²) in [6, 6.07) is 2.57. The molecule has 0 saturated carbocycles. The molecule has 0 saturated heterocycles. The molecular weight excluding hydrogens is 374 g/mol. The van der Waals surface area contributed by atoms with Crippen LogP contribution in [0.3, 0.4) is 0 Å². The number of nitrogens with zero attached hydrogens (tertiary/aromatic N) is 2. The van der Waals surface area contributed by atoms with Crippen molar-refractivity contribution in [2.24, 2.45) is 10.8 Å². The summed E-state index contributed by atoms with van der Waals surface area (Å²) in [5.74, 6) is -0.0576. The fourth-order valence-corrected chi connectivity index (χ4v) is 4.08. The lowest BCUT2D eigenvalue weighted by atomic mass is 9.81. The fourth-order valence-electron chi connectivity index (χ4n) is 4.08.